The van der Waals surface area contributed by atoms with Crippen LogP contribution in [0.2, 0.25) is 10.0 Å². The van der Waals surface area contributed by atoms with Gasteiger partial charge in [-0.15, -0.1) is 0 Å². The molecule has 0 aliphatic rings. The number of aryl methyl sites for hydroxylation is 1. The van der Waals surface area contributed by atoms with E-state index in [2.05, 4.69) is 27.7 Å². The molecule has 0 atom stereocenters. The standard InChI is InChI=1S/C13H11Cl2IN2O/c1-2-5-18-12(10(15)7-17-18)13(19)9-6-8(14)3-4-11(9)16/h3-4,6-7H,2,5H2,1H3. The second-order valence-corrected chi connectivity index (χ2v) is 6.02. The molecule has 0 aliphatic heterocycles. The number of aromatic nitrogens is 2. The third-order valence-corrected chi connectivity index (χ3v) is 4.07. The van der Waals surface area contributed by atoms with Crippen LogP contribution in [0.4, 0.5) is 0 Å². The maximum atomic E-state index is 12.6. The normalized spacial score (nSPS) is 10.7. The van der Waals surface area contributed by atoms with Gasteiger partial charge in [0.25, 0.3) is 0 Å². The minimum Gasteiger partial charge on any atom is -0.287 e. The smallest absolute Gasteiger partial charge is 0.213 e. The lowest BCUT2D eigenvalue weighted by atomic mass is 10.1. The van der Waals surface area contributed by atoms with Crippen molar-refractivity contribution in [3.8, 4) is 0 Å². The lowest BCUT2D eigenvalue weighted by Crippen LogP contribution is -2.13. The molecule has 0 unspecified atom stereocenters. The summed E-state index contributed by atoms with van der Waals surface area (Å²) < 4.78 is 2.48. The van der Waals surface area contributed by atoms with E-state index in [1.807, 2.05) is 13.0 Å². The van der Waals surface area contributed by atoms with Crippen molar-refractivity contribution in [2.24, 2.45) is 0 Å². The quantitative estimate of drug-likeness (QED) is 0.553. The van der Waals surface area contributed by atoms with Crippen molar-refractivity contribution in [2.45, 2.75) is 19.9 Å². The summed E-state index contributed by atoms with van der Waals surface area (Å²) in [6.45, 7) is 2.68. The average molecular weight is 409 g/mol. The third-order valence-electron chi connectivity index (χ3n) is 2.62. The number of carbonyl (C=O) groups excluding carboxylic acids is 1. The summed E-state index contributed by atoms with van der Waals surface area (Å²) in [5.74, 6) is -0.150. The number of nitrogens with zero attached hydrogens (tertiary/aromatic N) is 2. The van der Waals surface area contributed by atoms with E-state index < -0.39 is 0 Å². The monoisotopic (exact) mass is 408 g/mol. The fourth-order valence-electron chi connectivity index (χ4n) is 1.77. The first-order valence-electron chi connectivity index (χ1n) is 5.75. The van der Waals surface area contributed by atoms with Gasteiger partial charge in [0.15, 0.2) is 0 Å². The molecule has 0 fully saturated rings. The Morgan fingerprint density at radius 1 is 1.42 bits per heavy atom. The Morgan fingerprint density at radius 2 is 2.16 bits per heavy atom. The summed E-state index contributed by atoms with van der Waals surface area (Å²) in [6, 6.07) is 5.22. The van der Waals surface area contributed by atoms with Crippen LogP contribution < -0.4 is 0 Å². The van der Waals surface area contributed by atoms with E-state index in [9.17, 15) is 4.79 Å². The van der Waals surface area contributed by atoms with E-state index in [0.29, 0.717) is 27.8 Å². The zero-order valence-corrected chi connectivity index (χ0v) is 13.8. The number of hydrogen-bond acceptors (Lipinski definition) is 2. The molecule has 0 saturated carbocycles. The predicted molar refractivity (Wildman–Crippen MR) is 85.1 cm³/mol. The zero-order valence-electron chi connectivity index (χ0n) is 10.2. The molecule has 0 saturated heterocycles. The largest absolute Gasteiger partial charge is 0.287 e. The van der Waals surface area contributed by atoms with Crippen LogP contribution in [-0.4, -0.2) is 15.6 Å². The van der Waals surface area contributed by atoms with Crippen molar-refractivity contribution in [2.75, 3.05) is 0 Å². The first-order valence-corrected chi connectivity index (χ1v) is 7.59. The van der Waals surface area contributed by atoms with Crippen molar-refractivity contribution in [1.29, 1.82) is 0 Å². The first kappa shape index (κ1) is 14.8. The van der Waals surface area contributed by atoms with Gasteiger partial charge in [0.05, 0.1) is 11.2 Å². The molecule has 100 valence electrons. The molecule has 0 aliphatic carbocycles. The molecule has 6 heteroatoms. The highest BCUT2D eigenvalue weighted by Crippen LogP contribution is 2.24. The van der Waals surface area contributed by atoms with Crippen LogP contribution in [0.25, 0.3) is 0 Å². The summed E-state index contributed by atoms with van der Waals surface area (Å²) >= 11 is 14.1. The average Bonchev–Trinajstić information content (AvgIpc) is 2.73. The molecule has 3 nitrogen and oxygen atoms in total. The number of ketones is 1. The third kappa shape index (κ3) is 3.12. The van der Waals surface area contributed by atoms with Crippen LogP contribution in [-0.2, 0) is 6.54 Å². The van der Waals surface area contributed by atoms with Gasteiger partial charge in [0.1, 0.15) is 5.69 Å². The molecule has 0 radical (unpaired) electrons. The van der Waals surface area contributed by atoms with Crippen molar-refractivity contribution >= 4 is 51.6 Å². The Morgan fingerprint density at radius 3 is 2.84 bits per heavy atom. The van der Waals surface area contributed by atoms with E-state index in [-0.39, 0.29) is 5.78 Å². The van der Waals surface area contributed by atoms with Gasteiger partial charge in [0.2, 0.25) is 5.78 Å². The predicted octanol–water partition coefficient (Wildman–Crippen LogP) is 4.44. The first-order chi connectivity index (χ1) is 9.04. The molecule has 0 amide bonds. The van der Waals surface area contributed by atoms with Crippen LogP contribution >= 0.6 is 45.8 Å². The Bertz CT molecular complexity index is 625. The summed E-state index contributed by atoms with van der Waals surface area (Å²) in [5, 5.41) is 5.03. The second kappa shape index (κ2) is 6.24. The summed E-state index contributed by atoms with van der Waals surface area (Å²) in [6.07, 6.45) is 2.38. The van der Waals surface area contributed by atoms with Crippen molar-refractivity contribution in [1.82, 2.24) is 9.78 Å². The van der Waals surface area contributed by atoms with Crippen molar-refractivity contribution in [3.63, 3.8) is 0 Å². The molecule has 2 rings (SSSR count). The van der Waals surface area contributed by atoms with E-state index in [1.54, 1.807) is 16.8 Å². The van der Waals surface area contributed by atoms with Crippen LogP contribution in [0.1, 0.15) is 29.4 Å². The van der Waals surface area contributed by atoms with Gasteiger partial charge in [0, 0.05) is 20.7 Å². The minimum absolute atomic E-state index is 0.150. The van der Waals surface area contributed by atoms with Gasteiger partial charge in [-0.2, -0.15) is 5.10 Å². The number of benzene rings is 1. The van der Waals surface area contributed by atoms with Gasteiger partial charge in [-0.05, 0) is 47.2 Å². The summed E-state index contributed by atoms with van der Waals surface area (Å²) in [7, 11) is 0. The van der Waals surface area contributed by atoms with Gasteiger partial charge < -0.3 is 0 Å². The Hall–Kier alpha value is -0.590. The number of hydrogen-bond donors (Lipinski definition) is 0. The van der Waals surface area contributed by atoms with Crippen LogP contribution in [0, 0.1) is 3.57 Å². The molecule has 1 heterocycles. The second-order valence-electron chi connectivity index (χ2n) is 4.02. The fourth-order valence-corrected chi connectivity index (χ4v) is 2.75. The van der Waals surface area contributed by atoms with Crippen LogP contribution in [0.5, 0.6) is 0 Å². The van der Waals surface area contributed by atoms with Crippen molar-refractivity contribution < 1.29 is 4.79 Å². The van der Waals surface area contributed by atoms with Crippen LogP contribution in [0.15, 0.2) is 24.4 Å². The summed E-state index contributed by atoms with van der Waals surface area (Å²) in [4.78, 5) is 12.6. The van der Waals surface area contributed by atoms with E-state index in [4.69, 9.17) is 23.2 Å². The SMILES string of the molecule is CCCn1ncc(Cl)c1C(=O)c1cc(Cl)ccc1I. The molecule has 0 bridgehead atoms. The highest BCUT2D eigenvalue weighted by atomic mass is 127. The molecule has 0 spiro atoms. The molecule has 1 aromatic heterocycles. The minimum atomic E-state index is -0.150. The Balaban J connectivity index is 2.49. The van der Waals surface area contributed by atoms with Crippen LogP contribution in [0.3, 0.4) is 0 Å². The number of carbonyl (C=O) groups is 1. The number of rotatable bonds is 4. The lowest BCUT2D eigenvalue weighted by Gasteiger charge is -2.08. The highest BCUT2D eigenvalue weighted by molar-refractivity contribution is 14.1. The number of halogens is 3. The van der Waals surface area contributed by atoms with Gasteiger partial charge in [-0.3, -0.25) is 9.48 Å². The maximum absolute atomic E-state index is 12.6. The molecular weight excluding hydrogens is 398 g/mol. The van der Waals surface area contributed by atoms with Gasteiger partial charge in [-0.1, -0.05) is 30.1 Å². The van der Waals surface area contributed by atoms with Gasteiger partial charge in [-0.25, -0.2) is 0 Å². The Kier molecular flexibility index (Phi) is 4.86. The van der Waals surface area contributed by atoms with E-state index in [1.165, 1.54) is 6.20 Å². The lowest BCUT2D eigenvalue weighted by molar-refractivity contribution is 0.102. The van der Waals surface area contributed by atoms with E-state index in [0.717, 1.165) is 9.99 Å². The molecule has 0 N–H and O–H groups in total. The molecule has 2 aromatic rings. The molecular formula is C13H11Cl2IN2O. The molecule has 1 aromatic carbocycles. The topological polar surface area (TPSA) is 34.9 Å². The zero-order chi connectivity index (χ0) is 14.0. The highest BCUT2D eigenvalue weighted by Gasteiger charge is 2.21. The maximum Gasteiger partial charge on any atom is 0.213 e. The molecule has 19 heavy (non-hydrogen) atoms. The fraction of sp³-hybridized carbons (Fsp3) is 0.231. The van der Waals surface area contributed by atoms with E-state index >= 15 is 0 Å². The summed E-state index contributed by atoms with van der Waals surface area (Å²) in [5.41, 5.74) is 0.969. The Labute approximate surface area is 135 Å². The van der Waals surface area contributed by atoms with Crippen molar-refractivity contribution in [3.05, 3.63) is 49.3 Å². The van der Waals surface area contributed by atoms with Gasteiger partial charge >= 0.3 is 0 Å².